The maximum Gasteiger partial charge on any atom is 0.191 e. The molecule has 5 nitrogen and oxygen atoms in total. The Labute approximate surface area is 155 Å². The van der Waals surface area contributed by atoms with E-state index in [1.807, 2.05) is 24.3 Å². The van der Waals surface area contributed by atoms with E-state index in [4.69, 9.17) is 9.47 Å². The summed E-state index contributed by atoms with van der Waals surface area (Å²) in [6, 6.07) is 10.7. The standard InChI is InChI=1S/C18H21BrFN3O2/c1-21-18(22-10-12-4-6-14(19)15(20)8-12)23-11-13-5-7-16(24-2)17(9-13)25-3/h4-9H,10-11H2,1-3H3,(H2,21,22,23). The van der Waals surface area contributed by atoms with Gasteiger partial charge in [-0.3, -0.25) is 4.99 Å². The Morgan fingerprint density at radius 1 is 1.00 bits per heavy atom. The van der Waals surface area contributed by atoms with Gasteiger partial charge in [0.25, 0.3) is 0 Å². The second-order valence-electron chi connectivity index (χ2n) is 5.22. The summed E-state index contributed by atoms with van der Waals surface area (Å²) >= 11 is 3.15. The number of nitrogens with zero attached hydrogens (tertiary/aromatic N) is 1. The molecule has 0 bridgehead atoms. The van der Waals surface area contributed by atoms with Gasteiger partial charge in [-0.05, 0) is 51.3 Å². The van der Waals surface area contributed by atoms with E-state index < -0.39 is 0 Å². The van der Waals surface area contributed by atoms with Crippen LogP contribution in [0.1, 0.15) is 11.1 Å². The molecule has 0 heterocycles. The highest BCUT2D eigenvalue weighted by molar-refractivity contribution is 9.10. The first-order chi connectivity index (χ1) is 12.1. The minimum absolute atomic E-state index is 0.285. The molecule has 0 amide bonds. The normalized spacial score (nSPS) is 11.2. The first-order valence-electron chi connectivity index (χ1n) is 7.66. The Morgan fingerprint density at radius 3 is 2.16 bits per heavy atom. The monoisotopic (exact) mass is 409 g/mol. The Morgan fingerprint density at radius 2 is 1.60 bits per heavy atom. The van der Waals surface area contributed by atoms with E-state index in [1.54, 1.807) is 27.3 Å². The molecule has 2 aromatic rings. The van der Waals surface area contributed by atoms with Gasteiger partial charge in [-0.15, -0.1) is 0 Å². The number of hydrogen-bond donors (Lipinski definition) is 2. The van der Waals surface area contributed by atoms with Crippen LogP contribution in [0.5, 0.6) is 11.5 Å². The van der Waals surface area contributed by atoms with Gasteiger partial charge in [0.1, 0.15) is 5.82 Å². The number of guanidine groups is 1. The minimum Gasteiger partial charge on any atom is -0.493 e. The molecule has 2 N–H and O–H groups in total. The molecule has 134 valence electrons. The van der Waals surface area contributed by atoms with E-state index in [0.717, 1.165) is 11.1 Å². The molecular weight excluding hydrogens is 389 g/mol. The van der Waals surface area contributed by atoms with Crippen molar-refractivity contribution in [3.05, 3.63) is 57.8 Å². The molecule has 0 atom stereocenters. The van der Waals surface area contributed by atoms with Crippen LogP contribution in [-0.4, -0.2) is 27.2 Å². The summed E-state index contributed by atoms with van der Waals surface area (Å²) in [4.78, 5) is 4.17. The molecule has 0 fully saturated rings. The van der Waals surface area contributed by atoms with Gasteiger partial charge in [0.15, 0.2) is 17.5 Å². The highest BCUT2D eigenvalue weighted by Crippen LogP contribution is 2.27. The second-order valence-corrected chi connectivity index (χ2v) is 6.07. The van der Waals surface area contributed by atoms with Gasteiger partial charge in [-0.25, -0.2) is 4.39 Å². The average molecular weight is 410 g/mol. The van der Waals surface area contributed by atoms with Crippen molar-refractivity contribution in [1.82, 2.24) is 10.6 Å². The van der Waals surface area contributed by atoms with Crippen molar-refractivity contribution in [2.24, 2.45) is 4.99 Å². The van der Waals surface area contributed by atoms with E-state index in [0.29, 0.717) is 35.0 Å². The van der Waals surface area contributed by atoms with Crippen LogP contribution in [0.3, 0.4) is 0 Å². The molecule has 0 aliphatic heterocycles. The molecule has 0 aliphatic carbocycles. The van der Waals surface area contributed by atoms with Crippen molar-refractivity contribution in [2.75, 3.05) is 21.3 Å². The molecule has 0 aromatic heterocycles. The molecule has 0 saturated heterocycles. The molecule has 0 spiro atoms. The van der Waals surface area contributed by atoms with Crippen molar-refractivity contribution in [3.8, 4) is 11.5 Å². The van der Waals surface area contributed by atoms with Gasteiger partial charge in [-0.2, -0.15) is 0 Å². The average Bonchev–Trinajstić information content (AvgIpc) is 2.64. The summed E-state index contributed by atoms with van der Waals surface area (Å²) in [6.45, 7) is 1.03. The predicted octanol–water partition coefficient (Wildman–Crippen LogP) is 3.47. The SMILES string of the molecule is CN=C(NCc1ccc(Br)c(F)c1)NCc1ccc(OC)c(OC)c1. The van der Waals surface area contributed by atoms with Crippen LogP contribution >= 0.6 is 15.9 Å². The number of nitrogens with one attached hydrogen (secondary N) is 2. The second kappa shape index (κ2) is 9.27. The topological polar surface area (TPSA) is 54.9 Å². The Kier molecular flexibility index (Phi) is 7.06. The molecular formula is C18H21BrFN3O2. The molecule has 7 heteroatoms. The molecule has 2 aromatic carbocycles. The van der Waals surface area contributed by atoms with Crippen LogP contribution < -0.4 is 20.1 Å². The number of ether oxygens (including phenoxy) is 2. The number of aliphatic imine (C=N–C) groups is 1. The minimum atomic E-state index is -0.285. The predicted molar refractivity (Wildman–Crippen MR) is 101 cm³/mol. The summed E-state index contributed by atoms with van der Waals surface area (Å²) < 4.78 is 24.5. The maximum atomic E-state index is 13.5. The third-order valence-corrected chi connectivity index (χ3v) is 4.22. The van der Waals surface area contributed by atoms with Crippen molar-refractivity contribution >= 4 is 21.9 Å². The molecule has 0 unspecified atom stereocenters. The summed E-state index contributed by atoms with van der Waals surface area (Å²) in [5.41, 5.74) is 1.85. The van der Waals surface area contributed by atoms with E-state index >= 15 is 0 Å². The van der Waals surface area contributed by atoms with Crippen LogP contribution in [0.4, 0.5) is 4.39 Å². The maximum absolute atomic E-state index is 13.5. The summed E-state index contributed by atoms with van der Waals surface area (Å²) in [5, 5.41) is 6.37. The van der Waals surface area contributed by atoms with Crippen molar-refractivity contribution in [2.45, 2.75) is 13.1 Å². The van der Waals surface area contributed by atoms with E-state index in [2.05, 4.69) is 31.6 Å². The largest absolute Gasteiger partial charge is 0.493 e. The lowest BCUT2D eigenvalue weighted by Gasteiger charge is -2.14. The van der Waals surface area contributed by atoms with Gasteiger partial charge in [0.05, 0.1) is 18.7 Å². The molecule has 0 radical (unpaired) electrons. The lowest BCUT2D eigenvalue weighted by Crippen LogP contribution is -2.36. The first kappa shape index (κ1) is 19.1. The zero-order valence-corrected chi connectivity index (χ0v) is 16.0. The fourth-order valence-corrected chi connectivity index (χ4v) is 2.48. The van der Waals surface area contributed by atoms with E-state index in [-0.39, 0.29) is 5.82 Å². The van der Waals surface area contributed by atoms with Crippen molar-refractivity contribution in [3.63, 3.8) is 0 Å². The Hall–Kier alpha value is -2.28. The Bertz CT molecular complexity index is 753. The van der Waals surface area contributed by atoms with Gasteiger partial charge in [-0.1, -0.05) is 12.1 Å². The summed E-state index contributed by atoms with van der Waals surface area (Å²) in [5.74, 6) is 1.70. The highest BCUT2D eigenvalue weighted by atomic mass is 79.9. The van der Waals surface area contributed by atoms with Crippen molar-refractivity contribution < 1.29 is 13.9 Å². The third kappa shape index (κ3) is 5.35. The van der Waals surface area contributed by atoms with Crippen LogP contribution in [0.15, 0.2) is 45.9 Å². The van der Waals surface area contributed by atoms with Crippen molar-refractivity contribution in [1.29, 1.82) is 0 Å². The zero-order valence-electron chi connectivity index (χ0n) is 14.4. The van der Waals surface area contributed by atoms with Gasteiger partial charge in [0, 0.05) is 20.1 Å². The van der Waals surface area contributed by atoms with E-state index in [9.17, 15) is 4.39 Å². The van der Waals surface area contributed by atoms with Gasteiger partial charge in [0.2, 0.25) is 0 Å². The van der Waals surface area contributed by atoms with Gasteiger partial charge >= 0.3 is 0 Å². The smallest absolute Gasteiger partial charge is 0.191 e. The van der Waals surface area contributed by atoms with Crippen LogP contribution in [-0.2, 0) is 13.1 Å². The summed E-state index contributed by atoms with van der Waals surface area (Å²) in [6.07, 6.45) is 0. The quantitative estimate of drug-likeness (QED) is 0.566. The number of halogens is 2. The molecule has 25 heavy (non-hydrogen) atoms. The van der Waals surface area contributed by atoms with Gasteiger partial charge < -0.3 is 20.1 Å². The van der Waals surface area contributed by atoms with Crippen LogP contribution in [0, 0.1) is 5.82 Å². The number of hydrogen-bond acceptors (Lipinski definition) is 3. The lowest BCUT2D eigenvalue weighted by molar-refractivity contribution is 0.354. The molecule has 2 rings (SSSR count). The fraction of sp³-hybridized carbons (Fsp3) is 0.278. The molecule has 0 saturated carbocycles. The lowest BCUT2D eigenvalue weighted by atomic mass is 10.2. The highest BCUT2D eigenvalue weighted by Gasteiger charge is 2.06. The zero-order chi connectivity index (χ0) is 18.2. The number of rotatable bonds is 6. The summed E-state index contributed by atoms with van der Waals surface area (Å²) in [7, 11) is 4.89. The third-order valence-electron chi connectivity index (χ3n) is 3.58. The number of methoxy groups -OCH3 is 2. The van der Waals surface area contributed by atoms with Crippen LogP contribution in [0.2, 0.25) is 0 Å². The van der Waals surface area contributed by atoms with Crippen LogP contribution in [0.25, 0.3) is 0 Å². The number of benzene rings is 2. The fourth-order valence-electron chi connectivity index (χ4n) is 2.23. The Balaban J connectivity index is 1.93. The molecule has 0 aliphatic rings. The first-order valence-corrected chi connectivity index (χ1v) is 8.46. The van der Waals surface area contributed by atoms with E-state index in [1.165, 1.54) is 6.07 Å².